The molecule has 0 aliphatic carbocycles. The molecule has 8 heteroatoms. The Morgan fingerprint density at radius 3 is 2.64 bits per heavy atom. The molecule has 1 aromatic heterocycles. The fourth-order valence-corrected chi connectivity index (χ4v) is 2.44. The highest BCUT2D eigenvalue weighted by atomic mass is 16.5. The number of nitrogens with one attached hydrogen (secondary N) is 1. The monoisotopic (exact) mass is 346 g/mol. The van der Waals surface area contributed by atoms with Gasteiger partial charge in [-0.05, 0) is 30.5 Å². The number of benzene rings is 1. The SMILES string of the molecule is COc1ccc(CCCC(=O)N(N)[C@H](Cc2c[nH]cn2)C(=O)O)cc1. The van der Waals surface area contributed by atoms with Crippen LogP contribution in [-0.2, 0) is 22.4 Å². The van der Waals surface area contributed by atoms with Gasteiger partial charge in [0, 0.05) is 19.0 Å². The normalized spacial score (nSPS) is 11.8. The van der Waals surface area contributed by atoms with Crippen LogP contribution in [0.4, 0.5) is 0 Å². The smallest absolute Gasteiger partial charge is 0.328 e. The number of aromatic amines is 1. The Labute approximate surface area is 145 Å². The minimum atomic E-state index is -1.16. The van der Waals surface area contributed by atoms with Crippen molar-refractivity contribution in [3.63, 3.8) is 0 Å². The molecule has 0 unspecified atom stereocenters. The molecule has 8 nitrogen and oxygen atoms in total. The molecular formula is C17H22N4O4. The second kappa shape index (κ2) is 8.84. The molecule has 0 saturated heterocycles. The summed E-state index contributed by atoms with van der Waals surface area (Å²) in [7, 11) is 1.60. The third-order valence-electron chi connectivity index (χ3n) is 3.88. The van der Waals surface area contributed by atoms with Crippen LogP contribution < -0.4 is 10.6 Å². The maximum Gasteiger partial charge on any atom is 0.328 e. The van der Waals surface area contributed by atoms with Crippen molar-refractivity contribution in [2.24, 2.45) is 5.84 Å². The van der Waals surface area contributed by atoms with Gasteiger partial charge >= 0.3 is 5.97 Å². The average Bonchev–Trinajstić information content (AvgIpc) is 3.12. The molecule has 0 aliphatic rings. The number of ether oxygens (including phenoxy) is 1. The van der Waals surface area contributed by atoms with E-state index in [0.717, 1.165) is 16.3 Å². The molecule has 0 bridgehead atoms. The molecule has 0 spiro atoms. The predicted molar refractivity (Wildman–Crippen MR) is 90.7 cm³/mol. The predicted octanol–water partition coefficient (Wildman–Crippen LogP) is 1.14. The van der Waals surface area contributed by atoms with E-state index < -0.39 is 17.9 Å². The number of carboxylic acid groups (broad SMARTS) is 1. The molecule has 1 atom stereocenters. The largest absolute Gasteiger partial charge is 0.497 e. The number of carboxylic acids is 1. The van der Waals surface area contributed by atoms with E-state index in [0.29, 0.717) is 18.5 Å². The Balaban J connectivity index is 1.85. The first-order valence-electron chi connectivity index (χ1n) is 7.91. The maximum atomic E-state index is 12.2. The summed E-state index contributed by atoms with van der Waals surface area (Å²) in [6, 6.07) is 6.44. The summed E-state index contributed by atoms with van der Waals surface area (Å²) in [6.45, 7) is 0. The van der Waals surface area contributed by atoms with Crippen molar-refractivity contribution in [1.82, 2.24) is 15.0 Å². The summed E-state index contributed by atoms with van der Waals surface area (Å²) >= 11 is 0. The fourth-order valence-electron chi connectivity index (χ4n) is 2.44. The van der Waals surface area contributed by atoms with Crippen molar-refractivity contribution in [2.75, 3.05) is 7.11 Å². The Bertz CT molecular complexity index is 685. The highest BCUT2D eigenvalue weighted by Crippen LogP contribution is 2.14. The Morgan fingerprint density at radius 2 is 2.08 bits per heavy atom. The molecule has 0 saturated carbocycles. The van der Waals surface area contributed by atoms with Gasteiger partial charge in [-0.15, -0.1) is 0 Å². The number of methoxy groups -OCH3 is 1. The van der Waals surface area contributed by atoms with Crippen LogP contribution in [0.5, 0.6) is 5.75 Å². The van der Waals surface area contributed by atoms with Crippen molar-refractivity contribution in [1.29, 1.82) is 0 Å². The number of nitrogens with two attached hydrogens (primary N) is 1. The summed E-state index contributed by atoms with van der Waals surface area (Å²) in [4.78, 5) is 30.3. The summed E-state index contributed by atoms with van der Waals surface area (Å²) in [5.41, 5.74) is 1.61. The van der Waals surface area contributed by atoms with Crippen molar-refractivity contribution in [3.8, 4) is 5.75 Å². The highest BCUT2D eigenvalue weighted by molar-refractivity contribution is 5.83. The van der Waals surface area contributed by atoms with Gasteiger partial charge < -0.3 is 14.8 Å². The molecule has 2 aromatic rings. The minimum Gasteiger partial charge on any atom is -0.497 e. The number of carbonyl (C=O) groups excluding carboxylic acids is 1. The van der Waals surface area contributed by atoms with Crippen molar-refractivity contribution < 1.29 is 19.4 Å². The lowest BCUT2D eigenvalue weighted by Gasteiger charge is -2.23. The number of hydrogen-bond donors (Lipinski definition) is 3. The molecule has 0 aliphatic heterocycles. The first kappa shape index (κ1) is 18.5. The quantitative estimate of drug-likeness (QED) is 0.356. The second-order valence-electron chi connectivity index (χ2n) is 5.62. The zero-order valence-electron chi connectivity index (χ0n) is 14.0. The molecule has 0 radical (unpaired) electrons. The van der Waals surface area contributed by atoms with Gasteiger partial charge in [0.2, 0.25) is 5.91 Å². The third-order valence-corrected chi connectivity index (χ3v) is 3.88. The lowest BCUT2D eigenvalue weighted by Crippen LogP contribution is -2.50. The van der Waals surface area contributed by atoms with E-state index in [1.807, 2.05) is 24.3 Å². The van der Waals surface area contributed by atoms with Crippen LogP contribution in [0.25, 0.3) is 0 Å². The topological polar surface area (TPSA) is 122 Å². The number of aryl methyl sites for hydroxylation is 1. The van der Waals surface area contributed by atoms with Crippen molar-refractivity contribution in [2.45, 2.75) is 31.7 Å². The molecule has 134 valence electrons. The van der Waals surface area contributed by atoms with Crippen molar-refractivity contribution in [3.05, 3.63) is 48.0 Å². The van der Waals surface area contributed by atoms with Gasteiger partial charge in [-0.3, -0.25) is 9.80 Å². The van der Waals surface area contributed by atoms with E-state index >= 15 is 0 Å². The minimum absolute atomic E-state index is 0.0551. The number of imidazole rings is 1. The molecule has 4 N–H and O–H groups in total. The maximum absolute atomic E-state index is 12.2. The number of aliphatic carboxylic acids is 1. The lowest BCUT2D eigenvalue weighted by atomic mass is 10.1. The zero-order valence-corrected chi connectivity index (χ0v) is 14.0. The van der Waals surface area contributed by atoms with Crippen LogP contribution >= 0.6 is 0 Å². The van der Waals surface area contributed by atoms with E-state index in [9.17, 15) is 14.7 Å². The number of nitrogens with zero attached hydrogens (tertiary/aromatic N) is 2. The molecule has 1 aromatic carbocycles. The number of H-pyrrole nitrogens is 1. The van der Waals surface area contributed by atoms with Crippen LogP contribution in [0, 0.1) is 0 Å². The number of hydrazine groups is 1. The first-order valence-corrected chi connectivity index (χ1v) is 7.91. The van der Waals surface area contributed by atoms with Gasteiger partial charge in [0.25, 0.3) is 0 Å². The molecule has 0 fully saturated rings. The van der Waals surface area contributed by atoms with E-state index in [1.165, 1.54) is 6.33 Å². The van der Waals surface area contributed by atoms with Crippen LogP contribution in [0.15, 0.2) is 36.8 Å². The van der Waals surface area contributed by atoms with E-state index in [1.54, 1.807) is 13.3 Å². The molecule has 25 heavy (non-hydrogen) atoms. The van der Waals surface area contributed by atoms with Gasteiger partial charge in [0.1, 0.15) is 5.75 Å². The second-order valence-corrected chi connectivity index (χ2v) is 5.62. The summed E-state index contributed by atoms with van der Waals surface area (Å²) < 4.78 is 5.09. The van der Waals surface area contributed by atoms with Gasteiger partial charge in [-0.2, -0.15) is 0 Å². The van der Waals surface area contributed by atoms with Crippen LogP contribution in [0.2, 0.25) is 0 Å². The standard InChI is InChI=1S/C17H22N4O4/c1-25-14-7-5-12(6-8-14)3-2-4-16(22)21(18)15(17(23)24)9-13-10-19-11-20-13/h5-8,10-11,15H,2-4,9,18H2,1H3,(H,19,20)(H,23,24)/t15-/m1/s1. The van der Waals surface area contributed by atoms with E-state index in [2.05, 4.69) is 9.97 Å². The van der Waals surface area contributed by atoms with Gasteiger partial charge in [-0.25, -0.2) is 15.6 Å². The Kier molecular flexibility index (Phi) is 6.53. The molecular weight excluding hydrogens is 324 g/mol. The number of rotatable bonds is 9. The molecule has 1 heterocycles. The molecule has 2 rings (SSSR count). The van der Waals surface area contributed by atoms with Crippen LogP contribution in [-0.4, -0.2) is 45.1 Å². The number of amides is 1. The number of aromatic nitrogens is 2. The van der Waals surface area contributed by atoms with E-state index in [4.69, 9.17) is 10.6 Å². The van der Waals surface area contributed by atoms with E-state index in [-0.39, 0.29) is 12.8 Å². The van der Waals surface area contributed by atoms with Gasteiger partial charge in [-0.1, -0.05) is 12.1 Å². The number of hydrogen-bond acceptors (Lipinski definition) is 5. The summed E-state index contributed by atoms with van der Waals surface area (Å²) in [6.07, 6.45) is 4.53. The summed E-state index contributed by atoms with van der Waals surface area (Å²) in [5.74, 6) is 4.95. The Hall–Kier alpha value is -2.87. The zero-order chi connectivity index (χ0) is 18.2. The first-order chi connectivity index (χ1) is 12.0. The van der Waals surface area contributed by atoms with Crippen molar-refractivity contribution >= 4 is 11.9 Å². The number of carbonyl (C=O) groups is 2. The molecule has 1 amide bonds. The third kappa shape index (κ3) is 5.32. The van der Waals surface area contributed by atoms with Gasteiger partial charge in [0.05, 0.1) is 19.1 Å². The van der Waals surface area contributed by atoms with Gasteiger partial charge in [0.15, 0.2) is 6.04 Å². The Morgan fingerprint density at radius 1 is 1.36 bits per heavy atom. The van der Waals surface area contributed by atoms with Crippen LogP contribution in [0.1, 0.15) is 24.1 Å². The highest BCUT2D eigenvalue weighted by Gasteiger charge is 2.28. The fraction of sp³-hybridized carbons (Fsp3) is 0.353. The summed E-state index contributed by atoms with van der Waals surface area (Å²) in [5, 5.41) is 10.1. The lowest BCUT2D eigenvalue weighted by molar-refractivity contribution is -0.150. The average molecular weight is 346 g/mol. The van der Waals surface area contributed by atoms with Crippen LogP contribution in [0.3, 0.4) is 0 Å².